The highest BCUT2D eigenvalue weighted by atomic mass is 35.5. The van der Waals surface area contributed by atoms with Crippen molar-refractivity contribution in [2.75, 3.05) is 12.9 Å². The molecule has 1 N–H and O–H groups in total. The molecule has 0 bridgehead atoms. The molecule has 8 heteroatoms. The van der Waals surface area contributed by atoms with E-state index in [4.69, 9.17) is 21.3 Å². The highest BCUT2D eigenvalue weighted by molar-refractivity contribution is 7.99. The number of hydrogen-bond donors (Lipinski definition) is 1. The van der Waals surface area contributed by atoms with Gasteiger partial charge in [0.25, 0.3) is 5.56 Å². The van der Waals surface area contributed by atoms with E-state index in [-0.39, 0.29) is 22.4 Å². The van der Waals surface area contributed by atoms with Gasteiger partial charge >= 0.3 is 0 Å². The second kappa shape index (κ2) is 6.43. The van der Waals surface area contributed by atoms with Crippen LogP contribution in [0.4, 0.5) is 0 Å². The first-order chi connectivity index (χ1) is 13.1. The van der Waals surface area contributed by atoms with Crippen LogP contribution in [0.15, 0.2) is 22.1 Å². The Morgan fingerprint density at radius 1 is 1.33 bits per heavy atom. The van der Waals surface area contributed by atoms with E-state index in [2.05, 4.69) is 0 Å². The molecule has 1 unspecified atom stereocenters. The van der Waals surface area contributed by atoms with Crippen molar-refractivity contribution in [1.82, 2.24) is 9.55 Å². The number of ether oxygens (including phenoxy) is 1. The molecule has 2 aromatic heterocycles. The van der Waals surface area contributed by atoms with Gasteiger partial charge in [-0.05, 0) is 48.9 Å². The van der Waals surface area contributed by atoms with Crippen molar-refractivity contribution in [1.29, 1.82) is 0 Å². The fraction of sp³-hybridized carbons (Fsp3) is 0.368. The lowest BCUT2D eigenvalue weighted by Gasteiger charge is -2.16. The zero-order valence-electron chi connectivity index (χ0n) is 14.6. The van der Waals surface area contributed by atoms with Gasteiger partial charge in [0.15, 0.2) is 16.7 Å². The largest absolute Gasteiger partial charge is 0.503 e. The molecule has 0 radical (unpaired) electrons. The van der Waals surface area contributed by atoms with Crippen LogP contribution < -0.4 is 10.3 Å². The molecule has 0 saturated heterocycles. The van der Waals surface area contributed by atoms with Gasteiger partial charge in [-0.3, -0.25) is 9.36 Å². The van der Waals surface area contributed by atoms with E-state index in [0.717, 1.165) is 40.2 Å². The maximum Gasteiger partial charge on any atom is 0.263 e. The number of rotatable bonds is 2. The van der Waals surface area contributed by atoms with Crippen LogP contribution in [0.2, 0.25) is 5.02 Å². The van der Waals surface area contributed by atoms with Crippen molar-refractivity contribution < 1.29 is 9.84 Å². The van der Waals surface area contributed by atoms with Crippen LogP contribution >= 0.6 is 34.7 Å². The molecule has 5 rings (SSSR count). The minimum atomic E-state index is -0.180. The van der Waals surface area contributed by atoms with Gasteiger partial charge in [0.2, 0.25) is 0 Å². The summed E-state index contributed by atoms with van der Waals surface area (Å²) in [5.74, 6) is 0.930. The Bertz CT molecular complexity index is 1140. The van der Waals surface area contributed by atoms with E-state index >= 15 is 0 Å². The fourth-order valence-corrected chi connectivity index (χ4v) is 6.67. The van der Waals surface area contributed by atoms with Crippen molar-refractivity contribution in [3.63, 3.8) is 0 Å². The third-order valence-electron chi connectivity index (χ3n) is 5.33. The summed E-state index contributed by atoms with van der Waals surface area (Å²) in [6, 6.07) is 3.28. The van der Waals surface area contributed by atoms with E-state index in [0.29, 0.717) is 11.5 Å². The van der Waals surface area contributed by atoms with E-state index in [9.17, 15) is 9.90 Å². The van der Waals surface area contributed by atoms with Gasteiger partial charge in [-0.1, -0.05) is 23.4 Å². The molecule has 0 saturated carbocycles. The smallest absolute Gasteiger partial charge is 0.263 e. The topological polar surface area (TPSA) is 64.3 Å². The zero-order chi connectivity index (χ0) is 18.7. The van der Waals surface area contributed by atoms with Crippen molar-refractivity contribution in [3.8, 4) is 11.5 Å². The maximum atomic E-state index is 13.4. The predicted molar refractivity (Wildman–Crippen MR) is 109 cm³/mol. The second-order valence-corrected chi connectivity index (χ2v) is 9.32. The summed E-state index contributed by atoms with van der Waals surface area (Å²) in [5, 5.41) is 11.8. The molecule has 140 valence electrons. The van der Waals surface area contributed by atoms with Gasteiger partial charge in [0.05, 0.1) is 23.6 Å². The summed E-state index contributed by atoms with van der Waals surface area (Å²) < 4.78 is 7.02. The summed E-state index contributed by atoms with van der Waals surface area (Å²) >= 11 is 9.43. The molecule has 5 nitrogen and oxygen atoms in total. The van der Waals surface area contributed by atoms with Gasteiger partial charge in [0, 0.05) is 10.6 Å². The number of fused-ring (bicyclic) bond motifs is 4. The van der Waals surface area contributed by atoms with Crippen LogP contribution in [0.1, 0.15) is 34.9 Å². The Balaban J connectivity index is 1.71. The van der Waals surface area contributed by atoms with Crippen molar-refractivity contribution in [2.24, 2.45) is 0 Å². The number of phenolic OH excluding ortho intramolecular Hbond substituents is 1. The van der Waals surface area contributed by atoms with Crippen molar-refractivity contribution >= 4 is 44.9 Å². The zero-order valence-corrected chi connectivity index (χ0v) is 17.0. The number of halogens is 1. The second-order valence-electron chi connectivity index (χ2n) is 6.84. The van der Waals surface area contributed by atoms with Crippen molar-refractivity contribution in [2.45, 2.75) is 36.9 Å². The highest BCUT2D eigenvalue weighted by Gasteiger charge is 2.31. The number of nitrogens with zero attached hydrogens (tertiary/aromatic N) is 2. The first-order valence-electron chi connectivity index (χ1n) is 8.84. The third kappa shape index (κ3) is 2.59. The first kappa shape index (κ1) is 17.4. The van der Waals surface area contributed by atoms with E-state index < -0.39 is 0 Å². The lowest BCUT2D eigenvalue weighted by Crippen LogP contribution is -2.25. The maximum absolute atomic E-state index is 13.4. The van der Waals surface area contributed by atoms with Crippen LogP contribution in [0, 0.1) is 0 Å². The Kier molecular flexibility index (Phi) is 4.14. The van der Waals surface area contributed by atoms with Gasteiger partial charge in [-0.15, -0.1) is 11.3 Å². The minimum Gasteiger partial charge on any atom is -0.503 e. The summed E-state index contributed by atoms with van der Waals surface area (Å²) in [6.45, 7) is 0. The normalized spacial score (nSPS) is 18.5. The van der Waals surface area contributed by atoms with Gasteiger partial charge in [-0.25, -0.2) is 4.98 Å². The van der Waals surface area contributed by atoms with Gasteiger partial charge < -0.3 is 9.84 Å². The molecule has 0 spiro atoms. The Hall–Kier alpha value is -1.70. The van der Waals surface area contributed by atoms with Gasteiger partial charge in [0.1, 0.15) is 4.83 Å². The van der Waals surface area contributed by atoms with Crippen LogP contribution in [0.25, 0.3) is 10.2 Å². The number of aromatic hydroxyl groups is 1. The summed E-state index contributed by atoms with van der Waals surface area (Å²) in [7, 11) is 1.49. The monoisotopic (exact) mass is 420 g/mol. The molecule has 1 aliphatic heterocycles. The van der Waals surface area contributed by atoms with Crippen molar-refractivity contribution in [3.05, 3.63) is 43.5 Å². The van der Waals surface area contributed by atoms with Crippen LogP contribution in [0.3, 0.4) is 0 Å². The molecular weight excluding hydrogens is 404 g/mol. The predicted octanol–water partition coefficient (Wildman–Crippen LogP) is 4.40. The molecule has 1 aliphatic carbocycles. The molecule has 1 atom stereocenters. The summed E-state index contributed by atoms with van der Waals surface area (Å²) in [6.07, 6.45) is 4.32. The molecule has 0 amide bonds. The number of benzene rings is 1. The lowest BCUT2D eigenvalue weighted by atomic mass is 9.97. The molecule has 3 aromatic rings. The number of methoxy groups -OCH3 is 1. The standard InChI is InChI=1S/C19H17ClN2O3S2/c1-25-13-7-9(6-11(20)16(13)23)12-8-26-19-21-17-15(18(24)22(12)19)10-4-2-3-5-14(10)27-17/h6-7,12,23H,2-5,8H2,1H3. The Morgan fingerprint density at radius 3 is 2.96 bits per heavy atom. The highest BCUT2D eigenvalue weighted by Crippen LogP contribution is 2.43. The number of phenols is 1. The molecule has 2 aliphatic rings. The van der Waals surface area contributed by atoms with Crippen LogP contribution in [-0.4, -0.2) is 27.5 Å². The molecule has 3 heterocycles. The quantitative estimate of drug-likeness (QED) is 0.622. The van der Waals surface area contributed by atoms with Gasteiger partial charge in [-0.2, -0.15) is 0 Å². The lowest BCUT2D eigenvalue weighted by molar-refractivity contribution is 0.372. The molecule has 0 fully saturated rings. The summed E-state index contributed by atoms with van der Waals surface area (Å²) in [5.41, 5.74) is 2.08. The number of thiophene rings is 1. The number of aryl methyl sites for hydroxylation is 2. The Labute approximate surface area is 168 Å². The molecular formula is C19H17ClN2O3S2. The van der Waals surface area contributed by atoms with Crippen LogP contribution in [-0.2, 0) is 12.8 Å². The molecule has 1 aromatic carbocycles. The fourth-order valence-electron chi connectivity index (χ4n) is 3.99. The average Bonchev–Trinajstić information content (AvgIpc) is 3.25. The van der Waals surface area contributed by atoms with E-state index in [1.54, 1.807) is 39.8 Å². The number of thioether (sulfide) groups is 1. The minimum absolute atomic E-state index is 0.0348. The first-order valence-corrected chi connectivity index (χ1v) is 11.0. The SMILES string of the molecule is COc1cc(C2CSc3nc4sc5c(c4c(=O)n32)CCCC5)cc(Cl)c1O. The summed E-state index contributed by atoms with van der Waals surface area (Å²) in [4.78, 5) is 20.4. The Morgan fingerprint density at radius 2 is 2.15 bits per heavy atom. The van der Waals surface area contributed by atoms with Crippen LogP contribution in [0.5, 0.6) is 11.5 Å². The molecule has 27 heavy (non-hydrogen) atoms. The number of hydrogen-bond acceptors (Lipinski definition) is 6. The third-order valence-corrected chi connectivity index (χ3v) is 7.83. The van der Waals surface area contributed by atoms with E-state index in [1.165, 1.54) is 24.0 Å². The number of aromatic nitrogens is 2. The van der Waals surface area contributed by atoms with E-state index in [1.807, 2.05) is 0 Å². The average molecular weight is 421 g/mol.